The maximum Gasteiger partial charge on any atom is 0.319 e. The number of anilines is 2. The number of nitrogen functional groups attached to an aromatic ring is 1. The Morgan fingerprint density at radius 2 is 1.15 bits per heavy atom. The molecule has 0 radical (unpaired) electrons. The second-order valence-corrected chi connectivity index (χ2v) is 11.3. The van der Waals surface area contributed by atoms with Gasteiger partial charge in [-0.2, -0.15) is 0 Å². The van der Waals surface area contributed by atoms with E-state index in [2.05, 4.69) is 20.6 Å². The number of nitrogens with one attached hydrogen (secondary N) is 2. The quantitative estimate of drug-likeness (QED) is 0.0825. The number of methoxy groups -OCH3 is 4. The molecule has 0 aliphatic heterocycles. The van der Waals surface area contributed by atoms with Gasteiger partial charge in [0, 0.05) is 54.0 Å². The van der Waals surface area contributed by atoms with Gasteiger partial charge in [0.25, 0.3) is 0 Å². The summed E-state index contributed by atoms with van der Waals surface area (Å²) < 4.78 is 60.9. The molecule has 0 spiro atoms. The van der Waals surface area contributed by atoms with Gasteiger partial charge in [-0.15, -0.1) is 0 Å². The van der Waals surface area contributed by atoms with Gasteiger partial charge in [0.15, 0.2) is 23.0 Å². The summed E-state index contributed by atoms with van der Waals surface area (Å²) in [6.45, 7) is 2.56. The molecule has 6 rings (SSSR count). The van der Waals surface area contributed by atoms with Gasteiger partial charge in [0.1, 0.15) is 34.6 Å². The average molecular weight is 728 g/mol. The van der Waals surface area contributed by atoms with Gasteiger partial charge in [0.2, 0.25) is 0 Å². The number of aromatic nitrogens is 2. The fraction of sp³-hybridized carbons (Fsp3) is 0.205. The van der Waals surface area contributed by atoms with Crippen LogP contribution in [0.1, 0.15) is 19.8 Å². The third-order valence-corrected chi connectivity index (χ3v) is 7.85. The summed E-state index contributed by atoms with van der Waals surface area (Å²) >= 11 is 0. The van der Waals surface area contributed by atoms with E-state index in [1.54, 1.807) is 89.4 Å². The van der Waals surface area contributed by atoms with Crippen molar-refractivity contribution in [1.82, 2.24) is 15.3 Å². The van der Waals surface area contributed by atoms with Crippen molar-refractivity contribution in [3.8, 4) is 46.0 Å². The summed E-state index contributed by atoms with van der Waals surface area (Å²) in [5.41, 5.74) is 6.94. The van der Waals surface area contributed by atoms with Crippen molar-refractivity contribution in [2.45, 2.75) is 19.8 Å². The zero-order chi connectivity index (χ0) is 37.9. The minimum absolute atomic E-state index is 0.0716. The number of ether oxygens (including phenoxy) is 6. The lowest BCUT2D eigenvalue weighted by molar-refractivity contribution is 0.252. The first kappa shape index (κ1) is 37.7. The summed E-state index contributed by atoms with van der Waals surface area (Å²) in [6, 6.07) is 18.5. The Balaban J connectivity index is 0.000000211. The number of fused-ring (bicyclic) bond motifs is 2. The van der Waals surface area contributed by atoms with Gasteiger partial charge in [-0.3, -0.25) is 9.97 Å². The first-order chi connectivity index (χ1) is 25.7. The molecule has 0 unspecified atom stereocenters. The molecule has 0 aliphatic rings. The number of carbonyl (C=O) groups is 1. The van der Waals surface area contributed by atoms with Crippen LogP contribution in [0.3, 0.4) is 0 Å². The van der Waals surface area contributed by atoms with Gasteiger partial charge in [0.05, 0.1) is 50.8 Å². The number of nitrogens with two attached hydrogens (primary N) is 1. The SMILES string of the molecule is CCCCNC(=O)Nc1ccc(Oc2ccnc3cc(OC)c(OC)cc23)cc1F.COc1cc2nccc(Oc3ccc(N)c(F)c3)c2cc1OC. The van der Waals surface area contributed by atoms with Crippen LogP contribution >= 0.6 is 0 Å². The van der Waals surface area contributed by atoms with Crippen LogP contribution in [0, 0.1) is 11.6 Å². The van der Waals surface area contributed by atoms with Crippen molar-refractivity contribution in [1.29, 1.82) is 0 Å². The number of benzene rings is 4. The van der Waals surface area contributed by atoms with E-state index in [0.29, 0.717) is 63.2 Å². The van der Waals surface area contributed by atoms with Crippen molar-refractivity contribution in [3.63, 3.8) is 0 Å². The van der Waals surface area contributed by atoms with E-state index in [1.807, 2.05) is 6.92 Å². The Labute approximate surface area is 304 Å². The third-order valence-electron chi connectivity index (χ3n) is 7.85. The Morgan fingerprint density at radius 1 is 0.660 bits per heavy atom. The lowest BCUT2D eigenvalue weighted by Gasteiger charge is -2.13. The minimum atomic E-state index is -0.601. The predicted octanol–water partition coefficient (Wildman–Crippen LogP) is 8.87. The third kappa shape index (κ3) is 9.22. The molecule has 0 saturated carbocycles. The molecule has 276 valence electrons. The van der Waals surface area contributed by atoms with Crippen molar-refractivity contribution in [2.75, 3.05) is 46.0 Å². The number of carbonyl (C=O) groups excluding carboxylic acids is 1. The summed E-state index contributed by atoms with van der Waals surface area (Å²) in [5.74, 6) is 2.72. The molecule has 12 nitrogen and oxygen atoms in total. The summed E-state index contributed by atoms with van der Waals surface area (Å²) in [5, 5.41) is 6.59. The predicted molar refractivity (Wildman–Crippen MR) is 199 cm³/mol. The maximum atomic E-state index is 14.5. The Morgan fingerprint density at radius 3 is 1.62 bits per heavy atom. The largest absolute Gasteiger partial charge is 0.493 e. The summed E-state index contributed by atoms with van der Waals surface area (Å²) in [7, 11) is 6.20. The molecule has 4 N–H and O–H groups in total. The van der Waals surface area contributed by atoms with E-state index < -0.39 is 17.7 Å². The van der Waals surface area contributed by atoms with Gasteiger partial charge in [-0.25, -0.2) is 13.6 Å². The van der Waals surface area contributed by atoms with E-state index in [9.17, 15) is 13.6 Å². The molecule has 53 heavy (non-hydrogen) atoms. The molecular formula is C39H39F2N5O7. The molecule has 2 amide bonds. The number of urea groups is 1. The lowest BCUT2D eigenvalue weighted by atomic mass is 10.2. The van der Waals surface area contributed by atoms with Crippen molar-refractivity contribution >= 4 is 39.2 Å². The highest BCUT2D eigenvalue weighted by Gasteiger charge is 2.14. The van der Waals surface area contributed by atoms with E-state index >= 15 is 0 Å². The molecule has 2 heterocycles. The van der Waals surface area contributed by atoms with Crippen LogP contribution in [0.25, 0.3) is 21.8 Å². The van der Waals surface area contributed by atoms with Crippen molar-refractivity contribution in [3.05, 3.63) is 96.8 Å². The Kier molecular flexibility index (Phi) is 12.5. The number of unbranched alkanes of at least 4 members (excludes halogenated alkanes) is 1. The first-order valence-electron chi connectivity index (χ1n) is 16.4. The van der Waals surface area contributed by atoms with Crippen LogP contribution in [0.5, 0.6) is 46.0 Å². The molecule has 6 aromatic rings. The molecule has 0 aliphatic carbocycles. The zero-order valence-corrected chi connectivity index (χ0v) is 29.8. The molecular weight excluding hydrogens is 688 g/mol. The molecule has 14 heteroatoms. The molecule has 0 atom stereocenters. The fourth-order valence-electron chi connectivity index (χ4n) is 5.10. The second kappa shape index (κ2) is 17.6. The monoisotopic (exact) mass is 727 g/mol. The first-order valence-corrected chi connectivity index (χ1v) is 16.4. The zero-order valence-electron chi connectivity index (χ0n) is 29.8. The van der Waals surface area contributed by atoms with Gasteiger partial charge >= 0.3 is 6.03 Å². The van der Waals surface area contributed by atoms with Crippen LogP contribution < -0.4 is 44.8 Å². The number of halogens is 2. The van der Waals surface area contributed by atoms with Crippen LogP contribution in [0.15, 0.2) is 85.2 Å². The average Bonchev–Trinajstić information content (AvgIpc) is 3.17. The van der Waals surface area contributed by atoms with E-state index in [-0.39, 0.29) is 17.1 Å². The van der Waals surface area contributed by atoms with Gasteiger partial charge < -0.3 is 44.8 Å². The number of amides is 2. The van der Waals surface area contributed by atoms with Crippen molar-refractivity contribution in [2.24, 2.45) is 0 Å². The van der Waals surface area contributed by atoms with Crippen LogP contribution in [0.2, 0.25) is 0 Å². The van der Waals surface area contributed by atoms with Crippen LogP contribution in [-0.4, -0.2) is 51.0 Å². The maximum absolute atomic E-state index is 14.5. The molecule has 0 saturated heterocycles. The summed E-state index contributed by atoms with van der Waals surface area (Å²) in [4.78, 5) is 20.4. The van der Waals surface area contributed by atoms with E-state index in [4.69, 9.17) is 34.2 Å². The molecule has 0 fully saturated rings. The molecule has 4 aromatic carbocycles. The number of rotatable bonds is 12. The van der Waals surface area contributed by atoms with Crippen LogP contribution in [-0.2, 0) is 0 Å². The number of hydrogen-bond donors (Lipinski definition) is 3. The van der Waals surface area contributed by atoms with Gasteiger partial charge in [-0.05, 0) is 55.0 Å². The van der Waals surface area contributed by atoms with E-state index in [1.165, 1.54) is 24.3 Å². The highest BCUT2D eigenvalue weighted by Crippen LogP contribution is 2.38. The van der Waals surface area contributed by atoms with Crippen LogP contribution in [0.4, 0.5) is 25.0 Å². The highest BCUT2D eigenvalue weighted by molar-refractivity contribution is 5.90. The van der Waals surface area contributed by atoms with Gasteiger partial charge in [-0.1, -0.05) is 13.3 Å². The lowest BCUT2D eigenvalue weighted by Crippen LogP contribution is -2.29. The Bertz CT molecular complexity index is 2220. The smallest absolute Gasteiger partial charge is 0.319 e. The van der Waals surface area contributed by atoms with E-state index in [0.717, 1.165) is 18.2 Å². The topological polar surface area (TPSA) is 148 Å². The fourth-order valence-corrected chi connectivity index (χ4v) is 5.10. The molecule has 0 bridgehead atoms. The molecule has 2 aromatic heterocycles. The second-order valence-electron chi connectivity index (χ2n) is 11.3. The number of pyridine rings is 2. The standard InChI is InChI=1S/C22H24FN3O4.C17H15FN2O3/c1-4-5-9-25-22(27)26-17-7-6-14(11-16(17)23)30-19-8-10-24-18-13-21(29-3)20(28-2)12-15(18)19;1-21-16-8-11-14(9-17(16)22-2)20-6-5-15(11)23-10-3-4-13(19)12(18)7-10/h6-8,10-13H,4-5,9H2,1-3H3,(H2,25,26,27);3-9H,19H2,1-2H3. The highest BCUT2D eigenvalue weighted by atomic mass is 19.1. The normalized spacial score (nSPS) is 10.5. The Hall–Kier alpha value is -6.57. The summed E-state index contributed by atoms with van der Waals surface area (Å²) in [6.07, 6.45) is 5.02. The van der Waals surface area contributed by atoms with Crippen molar-refractivity contribution < 1.29 is 42.0 Å². The number of nitrogens with zero attached hydrogens (tertiary/aromatic N) is 2. The number of hydrogen-bond acceptors (Lipinski definition) is 10. The minimum Gasteiger partial charge on any atom is -0.493 e.